The lowest BCUT2D eigenvalue weighted by atomic mass is 9.69. The topological polar surface area (TPSA) is 73.2 Å². The Morgan fingerprint density at radius 3 is 2.46 bits per heavy atom. The number of nitrogens with one attached hydrogen (secondary N) is 1. The second-order valence-electron chi connectivity index (χ2n) is 9.55. The molecule has 186 valence electrons. The van der Waals surface area contributed by atoms with Gasteiger partial charge in [-0.05, 0) is 54.9 Å². The Morgan fingerprint density at radius 2 is 1.83 bits per heavy atom. The van der Waals surface area contributed by atoms with Crippen molar-refractivity contribution in [2.45, 2.75) is 70.4 Å². The van der Waals surface area contributed by atoms with Crippen molar-refractivity contribution in [1.29, 1.82) is 5.26 Å². The lowest BCUT2D eigenvalue weighted by Crippen LogP contribution is -2.45. The highest BCUT2D eigenvalue weighted by Gasteiger charge is 2.36. The molecule has 2 atom stereocenters. The number of rotatable bonds is 10. The van der Waals surface area contributed by atoms with E-state index in [0.29, 0.717) is 37.8 Å². The van der Waals surface area contributed by atoms with Gasteiger partial charge in [0.2, 0.25) is 11.8 Å². The van der Waals surface area contributed by atoms with Crippen LogP contribution in [-0.2, 0) is 21.5 Å². The SMILES string of the molecule is CC(C)[C@@](C#N)(CCCCC(=O)N1CCC[C@@H]1C(=O)NCc1cc(F)cc(F)c1)c1ccccc1. The van der Waals surface area contributed by atoms with Crippen LogP contribution >= 0.6 is 0 Å². The van der Waals surface area contributed by atoms with Crippen LogP contribution in [0.4, 0.5) is 8.78 Å². The van der Waals surface area contributed by atoms with Crippen molar-refractivity contribution in [3.8, 4) is 6.07 Å². The molecule has 35 heavy (non-hydrogen) atoms. The zero-order chi connectivity index (χ0) is 25.4. The van der Waals surface area contributed by atoms with Crippen molar-refractivity contribution in [2.75, 3.05) is 6.54 Å². The predicted molar refractivity (Wildman–Crippen MR) is 130 cm³/mol. The number of likely N-dealkylation sites (tertiary alicyclic amines) is 1. The molecule has 0 radical (unpaired) electrons. The fourth-order valence-electron chi connectivity index (χ4n) is 4.93. The zero-order valence-electron chi connectivity index (χ0n) is 20.4. The highest BCUT2D eigenvalue weighted by Crippen LogP contribution is 2.37. The number of carbonyl (C=O) groups is 2. The maximum absolute atomic E-state index is 13.4. The number of carbonyl (C=O) groups excluding carboxylic acids is 2. The van der Waals surface area contributed by atoms with Crippen molar-refractivity contribution in [2.24, 2.45) is 5.92 Å². The van der Waals surface area contributed by atoms with Crippen LogP contribution in [0.2, 0.25) is 0 Å². The molecular weight excluding hydrogens is 448 g/mol. The van der Waals surface area contributed by atoms with Crippen LogP contribution in [0.5, 0.6) is 0 Å². The Balaban J connectivity index is 1.52. The number of hydrogen-bond acceptors (Lipinski definition) is 3. The molecule has 1 aliphatic heterocycles. The van der Waals surface area contributed by atoms with Crippen LogP contribution in [-0.4, -0.2) is 29.3 Å². The normalized spacial score (nSPS) is 17.1. The van der Waals surface area contributed by atoms with Crippen LogP contribution < -0.4 is 5.32 Å². The van der Waals surface area contributed by atoms with E-state index >= 15 is 0 Å². The molecule has 1 heterocycles. The highest BCUT2D eigenvalue weighted by molar-refractivity contribution is 5.88. The summed E-state index contributed by atoms with van der Waals surface area (Å²) in [6.07, 6.45) is 3.63. The minimum atomic E-state index is -0.697. The quantitative estimate of drug-likeness (QED) is 0.471. The van der Waals surface area contributed by atoms with Gasteiger partial charge in [0.05, 0.1) is 11.5 Å². The lowest BCUT2D eigenvalue weighted by molar-refractivity contribution is -0.138. The fraction of sp³-hybridized carbons (Fsp3) is 0.464. The number of nitrogens with zero attached hydrogens (tertiary/aromatic N) is 2. The molecule has 1 aliphatic rings. The predicted octanol–water partition coefficient (Wildman–Crippen LogP) is 5.25. The van der Waals surface area contributed by atoms with Gasteiger partial charge < -0.3 is 10.2 Å². The van der Waals surface area contributed by atoms with E-state index in [1.54, 1.807) is 4.90 Å². The third kappa shape index (κ3) is 6.45. The summed E-state index contributed by atoms with van der Waals surface area (Å²) in [5, 5.41) is 12.7. The van der Waals surface area contributed by atoms with Crippen LogP contribution in [0.15, 0.2) is 48.5 Å². The van der Waals surface area contributed by atoms with Crippen molar-refractivity contribution in [3.05, 3.63) is 71.3 Å². The first-order valence-corrected chi connectivity index (χ1v) is 12.3. The third-order valence-electron chi connectivity index (χ3n) is 6.95. The van der Waals surface area contributed by atoms with Crippen LogP contribution in [0.1, 0.15) is 63.5 Å². The van der Waals surface area contributed by atoms with Gasteiger partial charge in [0, 0.05) is 25.6 Å². The van der Waals surface area contributed by atoms with E-state index in [2.05, 4.69) is 11.4 Å². The highest BCUT2D eigenvalue weighted by atomic mass is 19.1. The summed E-state index contributed by atoms with van der Waals surface area (Å²) in [4.78, 5) is 27.2. The number of unbranched alkanes of at least 4 members (excludes halogenated alkanes) is 1. The molecule has 0 bridgehead atoms. The minimum Gasteiger partial charge on any atom is -0.350 e. The Bertz CT molecular complexity index is 1050. The van der Waals surface area contributed by atoms with Crippen molar-refractivity contribution >= 4 is 11.8 Å². The van der Waals surface area contributed by atoms with E-state index < -0.39 is 23.1 Å². The molecule has 2 aromatic carbocycles. The average Bonchev–Trinajstić information content (AvgIpc) is 3.33. The van der Waals surface area contributed by atoms with E-state index in [4.69, 9.17) is 0 Å². The van der Waals surface area contributed by atoms with E-state index in [9.17, 15) is 23.6 Å². The summed E-state index contributed by atoms with van der Waals surface area (Å²) < 4.78 is 26.8. The number of amides is 2. The standard InChI is InChI=1S/C28H33F2N3O2/c1-20(2)28(19-31,22-9-4-3-5-10-22)13-7-6-12-26(34)33-14-8-11-25(33)27(35)32-18-21-15-23(29)17-24(30)16-21/h3-5,9-10,15-17,20,25H,6-8,11-14,18H2,1-2H3,(H,32,35)/t25-,28+/m1/s1. The van der Waals surface area contributed by atoms with Crippen LogP contribution in [0.25, 0.3) is 0 Å². The number of halogens is 2. The molecule has 0 saturated carbocycles. The van der Waals surface area contributed by atoms with Gasteiger partial charge in [-0.15, -0.1) is 0 Å². The van der Waals surface area contributed by atoms with E-state index in [1.807, 2.05) is 44.2 Å². The van der Waals surface area contributed by atoms with Crippen LogP contribution in [0.3, 0.4) is 0 Å². The van der Waals surface area contributed by atoms with Gasteiger partial charge >= 0.3 is 0 Å². The van der Waals surface area contributed by atoms with Gasteiger partial charge in [-0.25, -0.2) is 8.78 Å². The lowest BCUT2D eigenvalue weighted by Gasteiger charge is -2.31. The molecule has 0 spiro atoms. The number of benzene rings is 2. The monoisotopic (exact) mass is 481 g/mol. The van der Waals surface area contributed by atoms with Gasteiger partial charge in [-0.1, -0.05) is 50.6 Å². The molecular formula is C28H33F2N3O2. The molecule has 0 aliphatic carbocycles. The maximum Gasteiger partial charge on any atom is 0.243 e. The molecule has 1 N–H and O–H groups in total. The average molecular weight is 482 g/mol. The largest absolute Gasteiger partial charge is 0.350 e. The first kappa shape index (κ1) is 26.3. The van der Waals surface area contributed by atoms with E-state index in [1.165, 1.54) is 12.1 Å². The summed E-state index contributed by atoms with van der Waals surface area (Å²) in [6, 6.07) is 14.9. The smallest absolute Gasteiger partial charge is 0.243 e. The minimum absolute atomic E-state index is 0.00300. The summed E-state index contributed by atoms with van der Waals surface area (Å²) in [7, 11) is 0. The van der Waals surface area contributed by atoms with Crippen molar-refractivity contribution < 1.29 is 18.4 Å². The Kier molecular flexibility index (Phi) is 8.97. The van der Waals surface area contributed by atoms with Crippen molar-refractivity contribution in [3.63, 3.8) is 0 Å². The van der Waals surface area contributed by atoms with Gasteiger partial charge in [0.25, 0.3) is 0 Å². The summed E-state index contributed by atoms with van der Waals surface area (Å²) >= 11 is 0. The second kappa shape index (κ2) is 11.9. The molecule has 2 amide bonds. The first-order valence-electron chi connectivity index (χ1n) is 12.3. The van der Waals surface area contributed by atoms with Crippen molar-refractivity contribution in [1.82, 2.24) is 10.2 Å². The van der Waals surface area contributed by atoms with Gasteiger partial charge in [0.15, 0.2) is 0 Å². The fourth-order valence-corrected chi connectivity index (χ4v) is 4.93. The third-order valence-corrected chi connectivity index (χ3v) is 6.95. The van der Waals surface area contributed by atoms with Gasteiger partial charge in [-0.2, -0.15) is 5.26 Å². The Morgan fingerprint density at radius 1 is 1.14 bits per heavy atom. The molecule has 1 saturated heterocycles. The second-order valence-corrected chi connectivity index (χ2v) is 9.55. The summed E-state index contributed by atoms with van der Waals surface area (Å²) in [5.74, 6) is -1.66. The maximum atomic E-state index is 13.4. The molecule has 5 nitrogen and oxygen atoms in total. The van der Waals surface area contributed by atoms with Gasteiger partial charge in [-0.3, -0.25) is 9.59 Å². The van der Waals surface area contributed by atoms with Gasteiger partial charge in [0.1, 0.15) is 17.7 Å². The molecule has 1 fully saturated rings. The summed E-state index contributed by atoms with van der Waals surface area (Å²) in [5.41, 5.74) is 0.728. The molecule has 0 aromatic heterocycles. The van der Waals surface area contributed by atoms with Crippen LogP contribution in [0, 0.1) is 28.9 Å². The Hall–Kier alpha value is -3.27. The Labute approximate surface area is 206 Å². The van der Waals surface area contributed by atoms with E-state index in [-0.39, 0.29) is 24.3 Å². The molecule has 0 unspecified atom stereocenters. The summed E-state index contributed by atoms with van der Waals surface area (Å²) in [6.45, 7) is 4.61. The molecule has 3 rings (SSSR count). The first-order chi connectivity index (χ1) is 16.8. The molecule has 7 heteroatoms. The molecule has 2 aromatic rings. The van der Waals surface area contributed by atoms with E-state index in [0.717, 1.165) is 24.5 Å². The number of nitriles is 1. The number of hydrogen-bond donors (Lipinski definition) is 1. The zero-order valence-corrected chi connectivity index (χ0v) is 20.4.